The van der Waals surface area contributed by atoms with Gasteiger partial charge in [0.05, 0.1) is 6.04 Å². The minimum absolute atomic E-state index is 0.504. The summed E-state index contributed by atoms with van der Waals surface area (Å²) < 4.78 is 2.00. The molecule has 0 aromatic carbocycles. The van der Waals surface area contributed by atoms with Crippen molar-refractivity contribution in [2.24, 2.45) is 0 Å². The van der Waals surface area contributed by atoms with Gasteiger partial charge in [0.1, 0.15) is 0 Å². The van der Waals surface area contributed by atoms with E-state index in [1.165, 1.54) is 31.3 Å². The Hall–Kier alpha value is -0.880. The second kappa shape index (κ2) is 7.65. The third-order valence-corrected chi connectivity index (χ3v) is 4.42. The molecule has 0 aliphatic heterocycles. The lowest BCUT2D eigenvalue weighted by molar-refractivity contribution is 0.423. The predicted molar refractivity (Wildman–Crippen MR) is 78.3 cm³/mol. The molecule has 0 bridgehead atoms. The summed E-state index contributed by atoms with van der Waals surface area (Å²) in [5.74, 6) is 0.879. The summed E-state index contributed by atoms with van der Waals surface area (Å²) >= 11 is 1.69. The van der Waals surface area contributed by atoms with Gasteiger partial charge in [0.25, 0.3) is 0 Å². The van der Waals surface area contributed by atoms with Gasteiger partial charge in [-0.2, -0.15) is 0 Å². The zero-order valence-electron chi connectivity index (χ0n) is 11.6. The highest BCUT2D eigenvalue weighted by atomic mass is 32.2. The van der Waals surface area contributed by atoms with Gasteiger partial charge in [-0.15, -0.1) is 5.10 Å². The summed E-state index contributed by atoms with van der Waals surface area (Å²) in [4.78, 5) is 0. The predicted octanol–water partition coefficient (Wildman–Crippen LogP) is 2.44. The van der Waals surface area contributed by atoms with Gasteiger partial charge < -0.3 is 5.32 Å². The van der Waals surface area contributed by atoms with Crippen LogP contribution in [0.5, 0.6) is 0 Å². The molecule has 1 aromatic heterocycles. The fourth-order valence-electron chi connectivity index (χ4n) is 2.32. The molecule has 1 aliphatic rings. The Balaban J connectivity index is 1.79. The second-order valence-corrected chi connectivity index (χ2v) is 6.00. The van der Waals surface area contributed by atoms with Gasteiger partial charge in [0, 0.05) is 12.3 Å². The Morgan fingerprint density at radius 1 is 1.47 bits per heavy atom. The second-order valence-electron chi connectivity index (χ2n) is 5.06. The van der Waals surface area contributed by atoms with Crippen molar-refractivity contribution in [3.63, 3.8) is 0 Å². The molecule has 0 radical (unpaired) electrons. The molecule has 6 heteroatoms. The van der Waals surface area contributed by atoms with E-state index < -0.39 is 0 Å². The number of nitrogens with one attached hydrogen (secondary N) is 1. The van der Waals surface area contributed by atoms with Crippen molar-refractivity contribution in [1.82, 2.24) is 25.5 Å². The number of hydrogen-bond acceptors (Lipinski definition) is 5. The Labute approximate surface area is 119 Å². The molecule has 0 unspecified atom stereocenters. The lowest BCUT2D eigenvalue weighted by Gasteiger charge is -2.11. The molecule has 0 atom stereocenters. The molecule has 1 fully saturated rings. The van der Waals surface area contributed by atoms with Crippen molar-refractivity contribution in [1.29, 1.82) is 0 Å². The Kier molecular flexibility index (Phi) is 5.85. The van der Waals surface area contributed by atoms with Gasteiger partial charge in [-0.25, -0.2) is 4.68 Å². The maximum Gasteiger partial charge on any atom is 0.209 e. The first-order chi connectivity index (χ1) is 9.31. The van der Waals surface area contributed by atoms with Crippen LogP contribution in [0.25, 0.3) is 0 Å². The summed E-state index contributed by atoms with van der Waals surface area (Å²) in [5.41, 5.74) is 1.19. The molecular formula is C13H23N5S. The van der Waals surface area contributed by atoms with E-state index in [0.717, 1.165) is 30.4 Å². The van der Waals surface area contributed by atoms with Crippen LogP contribution < -0.4 is 5.32 Å². The van der Waals surface area contributed by atoms with Gasteiger partial charge in [-0.1, -0.05) is 43.7 Å². The normalized spacial score (nSPS) is 16.1. The van der Waals surface area contributed by atoms with Crippen molar-refractivity contribution in [3.05, 3.63) is 12.2 Å². The zero-order chi connectivity index (χ0) is 13.5. The van der Waals surface area contributed by atoms with Crippen LogP contribution >= 0.6 is 11.8 Å². The first-order valence-electron chi connectivity index (χ1n) is 7.09. The molecule has 106 valence electrons. The quantitative estimate of drug-likeness (QED) is 0.450. The minimum atomic E-state index is 0.504. The number of thioether (sulfide) groups is 1. The SMILES string of the molecule is C=C(CNCCC)CSc1nnnn1C1CCCC1. The summed E-state index contributed by atoms with van der Waals surface area (Å²) in [6.07, 6.45) is 6.15. The molecule has 0 spiro atoms. The summed E-state index contributed by atoms with van der Waals surface area (Å²) in [7, 11) is 0. The lowest BCUT2D eigenvalue weighted by Crippen LogP contribution is -2.18. The standard InChI is InChI=1S/C13H23N5S/c1-3-8-14-9-11(2)10-19-13-15-16-17-18(13)12-6-4-5-7-12/h12,14H,2-10H2,1H3. The van der Waals surface area contributed by atoms with Crippen molar-refractivity contribution in [2.75, 3.05) is 18.8 Å². The van der Waals surface area contributed by atoms with Crippen LogP contribution in [0, 0.1) is 0 Å². The average Bonchev–Trinajstić information content (AvgIpc) is 3.07. The van der Waals surface area contributed by atoms with E-state index in [1.54, 1.807) is 11.8 Å². The van der Waals surface area contributed by atoms with Gasteiger partial charge in [-0.3, -0.25) is 0 Å². The topological polar surface area (TPSA) is 55.6 Å². The number of aromatic nitrogens is 4. The molecule has 1 aliphatic carbocycles. The smallest absolute Gasteiger partial charge is 0.209 e. The molecule has 0 saturated heterocycles. The van der Waals surface area contributed by atoms with Crippen LogP contribution in [0.1, 0.15) is 45.1 Å². The Bertz CT molecular complexity index is 397. The number of rotatable bonds is 8. The van der Waals surface area contributed by atoms with E-state index in [4.69, 9.17) is 0 Å². The van der Waals surface area contributed by atoms with E-state index >= 15 is 0 Å². The third kappa shape index (κ3) is 4.31. The molecule has 1 N–H and O–H groups in total. The van der Waals surface area contributed by atoms with Crippen LogP contribution in [0.2, 0.25) is 0 Å². The molecule has 1 aromatic rings. The van der Waals surface area contributed by atoms with E-state index in [0.29, 0.717) is 6.04 Å². The summed E-state index contributed by atoms with van der Waals surface area (Å²) in [6.45, 7) is 8.18. The largest absolute Gasteiger partial charge is 0.313 e. The zero-order valence-corrected chi connectivity index (χ0v) is 12.5. The molecule has 1 saturated carbocycles. The number of hydrogen-bond donors (Lipinski definition) is 1. The summed E-state index contributed by atoms with van der Waals surface area (Å²) in [5, 5.41) is 16.4. The maximum absolute atomic E-state index is 4.14. The van der Waals surface area contributed by atoms with E-state index in [2.05, 4.69) is 34.3 Å². The van der Waals surface area contributed by atoms with Crippen LogP contribution in [0.15, 0.2) is 17.3 Å². The van der Waals surface area contributed by atoms with Crippen LogP contribution in [-0.4, -0.2) is 39.0 Å². The van der Waals surface area contributed by atoms with E-state index in [-0.39, 0.29) is 0 Å². The van der Waals surface area contributed by atoms with Crippen molar-refractivity contribution >= 4 is 11.8 Å². The maximum atomic E-state index is 4.14. The van der Waals surface area contributed by atoms with Gasteiger partial charge in [0.2, 0.25) is 5.16 Å². The molecule has 0 amide bonds. The van der Waals surface area contributed by atoms with Gasteiger partial charge in [-0.05, 0) is 36.2 Å². The highest BCUT2D eigenvalue weighted by Crippen LogP contribution is 2.31. The first-order valence-corrected chi connectivity index (χ1v) is 8.08. The summed E-state index contributed by atoms with van der Waals surface area (Å²) in [6, 6.07) is 0.504. The van der Waals surface area contributed by atoms with Gasteiger partial charge in [0.15, 0.2) is 0 Å². The van der Waals surface area contributed by atoms with Crippen LogP contribution in [0.4, 0.5) is 0 Å². The molecule has 5 nitrogen and oxygen atoms in total. The fraction of sp³-hybridized carbons (Fsp3) is 0.769. The highest BCUT2D eigenvalue weighted by molar-refractivity contribution is 7.99. The monoisotopic (exact) mass is 281 g/mol. The molecule has 19 heavy (non-hydrogen) atoms. The van der Waals surface area contributed by atoms with Gasteiger partial charge >= 0.3 is 0 Å². The first kappa shape index (κ1) is 14.5. The fourth-order valence-corrected chi connectivity index (χ4v) is 3.17. The highest BCUT2D eigenvalue weighted by Gasteiger charge is 2.21. The number of nitrogens with zero attached hydrogens (tertiary/aromatic N) is 4. The van der Waals surface area contributed by atoms with Crippen molar-refractivity contribution < 1.29 is 0 Å². The Morgan fingerprint density at radius 3 is 3.00 bits per heavy atom. The minimum Gasteiger partial charge on any atom is -0.313 e. The van der Waals surface area contributed by atoms with Crippen molar-refractivity contribution in [2.45, 2.75) is 50.2 Å². The van der Waals surface area contributed by atoms with Crippen LogP contribution in [-0.2, 0) is 0 Å². The van der Waals surface area contributed by atoms with E-state index in [1.807, 2.05) is 4.68 Å². The lowest BCUT2D eigenvalue weighted by atomic mass is 10.3. The average molecular weight is 281 g/mol. The van der Waals surface area contributed by atoms with Crippen LogP contribution in [0.3, 0.4) is 0 Å². The molecule has 1 heterocycles. The number of tetrazole rings is 1. The van der Waals surface area contributed by atoms with Crippen molar-refractivity contribution in [3.8, 4) is 0 Å². The third-order valence-electron chi connectivity index (χ3n) is 3.34. The Morgan fingerprint density at radius 2 is 2.26 bits per heavy atom. The molecule has 2 rings (SSSR count). The molecular weight excluding hydrogens is 258 g/mol. The van der Waals surface area contributed by atoms with E-state index in [9.17, 15) is 0 Å².